The van der Waals surface area contributed by atoms with E-state index in [0.717, 1.165) is 25.6 Å². The molecule has 0 saturated carbocycles. The summed E-state index contributed by atoms with van der Waals surface area (Å²) in [5.74, 6) is 2.21. The van der Waals surface area contributed by atoms with E-state index in [1.54, 1.807) is 19.5 Å². The van der Waals surface area contributed by atoms with E-state index in [4.69, 9.17) is 4.74 Å². The maximum absolute atomic E-state index is 5.06. The zero-order chi connectivity index (χ0) is 12.1. The van der Waals surface area contributed by atoms with Crippen LogP contribution in [-0.2, 0) is 0 Å². The summed E-state index contributed by atoms with van der Waals surface area (Å²) >= 11 is 0. The first kappa shape index (κ1) is 12.1. The standard InChI is InChI=1S/C12H20N4O/c1-13-6-10-4-3-5-16(9-10)12-14-7-11(17-2)8-15-12/h7-8,10,13H,3-6,9H2,1-2H3. The molecule has 1 atom stereocenters. The molecule has 1 aliphatic rings. The Morgan fingerprint density at radius 1 is 1.47 bits per heavy atom. The van der Waals surface area contributed by atoms with Crippen LogP contribution in [-0.4, -0.2) is 43.8 Å². The Kier molecular flexibility index (Phi) is 4.14. The van der Waals surface area contributed by atoms with Crippen molar-refractivity contribution in [3.63, 3.8) is 0 Å². The van der Waals surface area contributed by atoms with Gasteiger partial charge >= 0.3 is 0 Å². The highest BCUT2D eigenvalue weighted by molar-refractivity contribution is 5.32. The predicted octanol–water partition coefficient (Wildman–Crippen LogP) is 0.921. The largest absolute Gasteiger partial charge is 0.494 e. The molecule has 0 aliphatic carbocycles. The highest BCUT2D eigenvalue weighted by Gasteiger charge is 2.20. The fraction of sp³-hybridized carbons (Fsp3) is 0.667. The molecule has 5 heteroatoms. The summed E-state index contributed by atoms with van der Waals surface area (Å²) in [5, 5.41) is 3.24. The van der Waals surface area contributed by atoms with E-state index in [2.05, 4.69) is 20.2 Å². The zero-order valence-corrected chi connectivity index (χ0v) is 10.5. The number of methoxy groups -OCH3 is 1. The number of piperidine rings is 1. The average Bonchev–Trinajstić information content (AvgIpc) is 2.40. The smallest absolute Gasteiger partial charge is 0.225 e. The Balaban J connectivity index is 2.00. The van der Waals surface area contributed by atoms with Gasteiger partial charge in [-0.25, -0.2) is 9.97 Å². The van der Waals surface area contributed by atoms with Crippen LogP contribution in [0.15, 0.2) is 12.4 Å². The highest BCUT2D eigenvalue weighted by Crippen LogP contribution is 2.20. The van der Waals surface area contributed by atoms with Crippen molar-refractivity contribution in [1.29, 1.82) is 0 Å². The molecule has 17 heavy (non-hydrogen) atoms. The van der Waals surface area contributed by atoms with Crippen LogP contribution in [0.25, 0.3) is 0 Å². The molecule has 1 aromatic heterocycles. The Morgan fingerprint density at radius 3 is 2.88 bits per heavy atom. The lowest BCUT2D eigenvalue weighted by atomic mass is 9.98. The van der Waals surface area contributed by atoms with Gasteiger partial charge in [0.2, 0.25) is 5.95 Å². The molecule has 2 heterocycles. The monoisotopic (exact) mass is 236 g/mol. The summed E-state index contributed by atoms with van der Waals surface area (Å²) in [6.45, 7) is 3.15. The average molecular weight is 236 g/mol. The third kappa shape index (κ3) is 3.06. The minimum atomic E-state index is 0.694. The van der Waals surface area contributed by atoms with Crippen LogP contribution >= 0.6 is 0 Å². The molecule has 1 unspecified atom stereocenters. The lowest BCUT2D eigenvalue weighted by Gasteiger charge is -2.32. The molecule has 0 amide bonds. The van der Waals surface area contributed by atoms with Gasteiger partial charge in [-0.2, -0.15) is 0 Å². The van der Waals surface area contributed by atoms with Crippen molar-refractivity contribution >= 4 is 5.95 Å². The maximum Gasteiger partial charge on any atom is 0.225 e. The third-order valence-corrected chi connectivity index (χ3v) is 3.14. The zero-order valence-electron chi connectivity index (χ0n) is 10.5. The summed E-state index contributed by atoms with van der Waals surface area (Å²) in [5.41, 5.74) is 0. The van der Waals surface area contributed by atoms with Crippen LogP contribution in [0.3, 0.4) is 0 Å². The Hall–Kier alpha value is -1.36. The molecule has 0 spiro atoms. The molecule has 1 aliphatic heterocycles. The first-order valence-electron chi connectivity index (χ1n) is 6.09. The molecular weight excluding hydrogens is 216 g/mol. The predicted molar refractivity (Wildman–Crippen MR) is 67.4 cm³/mol. The van der Waals surface area contributed by atoms with Gasteiger partial charge in [-0.05, 0) is 32.4 Å². The number of hydrogen-bond acceptors (Lipinski definition) is 5. The van der Waals surface area contributed by atoms with Crippen LogP contribution < -0.4 is 15.0 Å². The minimum absolute atomic E-state index is 0.694. The number of nitrogens with zero attached hydrogens (tertiary/aromatic N) is 3. The van der Waals surface area contributed by atoms with Crippen molar-refractivity contribution in [1.82, 2.24) is 15.3 Å². The van der Waals surface area contributed by atoms with Gasteiger partial charge in [0.25, 0.3) is 0 Å². The summed E-state index contributed by atoms with van der Waals surface area (Å²) in [6.07, 6.45) is 5.95. The SMILES string of the molecule is CNCC1CCCN(c2ncc(OC)cn2)C1. The van der Waals surface area contributed by atoms with Gasteiger partial charge < -0.3 is 15.0 Å². The van der Waals surface area contributed by atoms with E-state index >= 15 is 0 Å². The summed E-state index contributed by atoms with van der Waals surface area (Å²) in [7, 11) is 3.63. The van der Waals surface area contributed by atoms with Gasteiger partial charge in [-0.15, -0.1) is 0 Å². The first-order chi connectivity index (χ1) is 8.33. The second kappa shape index (κ2) is 5.82. The molecule has 1 N–H and O–H groups in total. The molecular formula is C12H20N4O. The third-order valence-electron chi connectivity index (χ3n) is 3.14. The molecule has 5 nitrogen and oxygen atoms in total. The Morgan fingerprint density at radius 2 is 2.24 bits per heavy atom. The first-order valence-corrected chi connectivity index (χ1v) is 6.09. The van der Waals surface area contributed by atoms with E-state index in [9.17, 15) is 0 Å². The van der Waals surface area contributed by atoms with Gasteiger partial charge in [-0.1, -0.05) is 0 Å². The fourth-order valence-corrected chi connectivity index (χ4v) is 2.28. The normalized spacial score (nSPS) is 20.4. The molecule has 1 aromatic rings. The van der Waals surface area contributed by atoms with Gasteiger partial charge in [0.05, 0.1) is 19.5 Å². The van der Waals surface area contributed by atoms with Crippen molar-refractivity contribution in [2.75, 3.05) is 38.7 Å². The minimum Gasteiger partial charge on any atom is -0.494 e. The lowest BCUT2D eigenvalue weighted by Crippen LogP contribution is -2.39. The fourth-order valence-electron chi connectivity index (χ4n) is 2.28. The van der Waals surface area contributed by atoms with E-state index in [0.29, 0.717) is 11.7 Å². The van der Waals surface area contributed by atoms with E-state index < -0.39 is 0 Å². The quantitative estimate of drug-likeness (QED) is 0.842. The molecule has 0 radical (unpaired) electrons. The van der Waals surface area contributed by atoms with Crippen LogP contribution in [0, 0.1) is 5.92 Å². The van der Waals surface area contributed by atoms with Crippen molar-refractivity contribution in [3.8, 4) is 5.75 Å². The highest BCUT2D eigenvalue weighted by atomic mass is 16.5. The molecule has 0 aromatic carbocycles. The van der Waals surface area contributed by atoms with E-state index in [-0.39, 0.29) is 0 Å². The molecule has 1 saturated heterocycles. The summed E-state index contributed by atoms with van der Waals surface area (Å²) < 4.78 is 5.06. The Labute approximate surface area is 102 Å². The molecule has 94 valence electrons. The number of hydrogen-bond donors (Lipinski definition) is 1. The van der Waals surface area contributed by atoms with Crippen molar-refractivity contribution in [3.05, 3.63) is 12.4 Å². The summed E-state index contributed by atoms with van der Waals surface area (Å²) in [4.78, 5) is 10.9. The molecule has 1 fully saturated rings. The summed E-state index contributed by atoms with van der Waals surface area (Å²) in [6, 6.07) is 0. The van der Waals surface area contributed by atoms with Crippen molar-refractivity contribution in [2.45, 2.75) is 12.8 Å². The van der Waals surface area contributed by atoms with Crippen LogP contribution in [0.2, 0.25) is 0 Å². The van der Waals surface area contributed by atoms with Gasteiger partial charge in [0.1, 0.15) is 0 Å². The number of rotatable bonds is 4. The number of anilines is 1. The number of ether oxygens (including phenoxy) is 1. The van der Waals surface area contributed by atoms with Crippen molar-refractivity contribution in [2.24, 2.45) is 5.92 Å². The molecule has 0 bridgehead atoms. The Bertz CT molecular complexity index is 339. The van der Waals surface area contributed by atoms with Crippen LogP contribution in [0.5, 0.6) is 5.75 Å². The van der Waals surface area contributed by atoms with Gasteiger partial charge in [-0.3, -0.25) is 0 Å². The van der Waals surface area contributed by atoms with E-state index in [1.807, 2.05) is 7.05 Å². The topological polar surface area (TPSA) is 50.3 Å². The van der Waals surface area contributed by atoms with Crippen LogP contribution in [0.4, 0.5) is 5.95 Å². The van der Waals surface area contributed by atoms with E-state index in [1.165, 1.54) is 12.8 Å². The maximum atomic E-state index is 5.06. The number of aromatic nitrogens is 2. The molecule has 2 rings (SSSR count). The lowest BCUT2D eigenvalue weighted by molar-refractivity contribution is 0.396. The number of nitrogens with one attached hydrogen (secondary N) is 1. The van der Waals surface area contributed by atoms with Crippen LogP contribution in [0.1, 0.15) is 12.8 Å². The van der Waals surface area contributed by atoms with Crippen molar-refractivity contribution < 1.29 is 4.74 Å². The second-order valence-electron chi connectivity index (χ2n) is 4.43. The van der Waals surface area contributed by atoms with Gasteiger partial charge in [0, 0.05) is 13.1 Å². The second-order valence-corrected chi connectivity index (χ2v) is 4.43. The van der Waals surface area contributed by atoms with Gasteiger partial charge in [0.15, 0.2) is 5.75 Å².